The van der Waals surface area contributed by atoms with Crippen molar-refractivity contribution in [3.05, 3.63) is 12.2 Å². The maximum absolute atomic E-state index is 11.4. The fraction of sp³-hybridized carbons (Fsp3) is 0.920. The molecule has 0 saturated heterocycles. The zero-order valence-corrected chi connectivity index (χ0v) is 21.1. The minimum Gasteiger partial charge on any atom is -0.591 e. The summed E-state index contributed by atoms with van der Waals surface area (Å²) in [6.45, 7) is 2.28. The van der Waals surface area contributed by atoms with Crippen molar-refractivity contribution < 1.29 is 13.9 Å². The van der Waals surface area contributed by atoms with Crippen LogP contribution in [0, 0.1) is 0 Å². The van der Waals surface area contributed by atoms with Gasteiger partial charge in [-0.2, -0.15) is 0 Å². The van der Waals surface area contributed by atoms with Crippen LogP contribution in [0.1, 0.15) is 122 Å². The monoisotopic (exact) mass is 428 g/mol. The molecular formula is C25H51NO2P+. The van der Waals surface area contributed by atoms with E-state index in [-0.39, 0.29) is 5.78 Å². The summed E-state index contributed by atoms with van der Waals surface area (Å²) in [4.78, 5) is 11.4. The fourth-order valence-electron chi connectivity index (χ4n) is 3.89. The Morgan fingerprint density at radius 3 is 1.45 bits per heavy atom. The molecule has 0 saturated carbocycles. The maximum Gasteiger partial charge on any atom is 0.373 e. The number of unbranched alkanes of at least 4 members (excludes halogenated alkanes) is 15. The van der Waals surface area contributed by atoms with Crippen molar-refractivity contribution in [3.63, 3.8) is 0 Å². The van der Waals surface area contributed by atoms with Crippen LogP contribution in [0.4, 0.5) is 0 Å². The average Bonchev–Trinajstić information content (AvgIpc) is 2.65. The maximum atomic E-state index is 11.4. The van der Waals surface area contributed by atoms with Crippen molar-refractivity contribution in [1.82, 2.24) is 0 Å². The largest absolute Gasteiger partial charge is 0.591 e. The molecule has 0 aromatic heterocycles. The van der Waals surface area contributed by atoms with Crippen molar-refractivity contribution in [2.75, 3.05) is 21.1 Å². The summed E-state index contributed by atoms with van der Waals surface area (Å²) >= 11 is 0. The lowest BCUT2D eigenvalue weighted by molar-refractivity contribution is -0.883. The SMILES string of the molecule is CCCCCCCCCCCCCCCC/C=C\CCCC([P+](=O)[O-])[N+](C)(C)C. The lowest BCUT2D eigenvalue weighted by Gasteiger charge is -2.27. The summed E-state index contributed by atoms with van der Waals surface area (Å²) in [6, 6.07) is 0. The molecule has 0 N–H and O–H groups in total. The molecule has 0 aliphatic carbocycles. The summed E-state index contributed by atoms with van der Waals surface area (Å²) < 4.78 is 11.9. The van der Waals surface area contributed by atoms with Crippen molar-refractivity contribution >= 4 is 8.03 Å². The van der Waals surface area contributed by atoms with Gasteiger partial charge >= 0.3 is 8.03 Å². The molecule has 0 aliphatic rings. The molecule has 3 nitrogen and oxygen atoms in total. The van der Waals surface area contributed by atoms with E-state index in [1.54, 1.807) is 0 Å². The van der Waals surface area contributed by atoms with Gasteiger partial charge in [0.15, 0.2) is 0 Å². The first-order valence-electron chi connectivity index (χ1n) is 12.5. The van der Waals surface area contributed by atoms with Crippen LogP contribution in [0.15, 0.2) is 12.2 Å². The predicted molar refractivity (Wildman–Crippen MR) is 127 cm³/mol. The van der Waals surface area contributed by atoms with Gasteiger partial charge in [-0.1, -0.05) is 107 Å². The standard InChI is InChI=1S/C25H51NO2P/c1-5-6-7-8-9-10-11-12-13-14-15-16-17-18-19-20-21-22-23-24-25(29(27)28)26(2,3)4/h20-21,25H,5-19,22-24H2,1-4H3/q+1/b21-20-. The van der Waals surface area contributed by atoms with Crippen LogP contribution in [0.2, 0.25) is 0 Å². The van der Waals surface area contributed by atoms with Gasteiger partial charge in [-0.3, -0.25) is 4.48 Å². The molecular weight excluding hydrogens is 377 g/mol. The van der Waals surface area contributed by atoms with Crippen LogP contribution in [0.5, 0.6) is 0 Å². The molecule has 0 spiro atoms. The second-order valence-corrected chi connectivity index (χ2v) is 10.8. The van der Waals surface area contributed by atoms with Crippen molar-refractivity contribution in [1.29, 1.82) is 0 Å². The van der Waals surface area contributed by atoms with Crippen LogP contribution in [0.25, 0.3) is 0 Å². The van der Waals surface area contributed by atoms with Gasteiger partial charge in [0.05, 0.1) is 21.1 Å². The Balaban J connectivity index is 3.35. The smallest absolute Gasteiger partial charge is 0.373 e. The van der Waals surface area contributed by atoms with E-state index in [2.05, 4.69) is 19.1 Å². The normalized spacial score (nSPS) is 13.9. The van der Waals surface area contributed by atoms with E-state index >= 15 is 0 Å². The van der Waals surface area contributed by atoms with Crippen LogP contribution < -0.4 is 4.89 Å². The molecule has 0 aliphatic heterocycles. The third kappa shape index (κ3) is 19.5. The summed E-state index contributed by atoms with van der Waals surface area (Å²) in [7, 11) is 3.53. The molecule has 4 heteroatoms. The van der Waals surface area contributed by atoms with Crippen molar-refractivity contribution in [2.24, 2.45) is 0 Å². The topological polar surface area (TPSA) is 40.1 Å². The molecule has 0 fully saturated rings. The van der Waals surface area contributed by atoms with Gasteiger partial charge in [-0.05, 0) is 25.7 Å². The second kappa shape index (κ2) is 19.7. The highest BCUT2D eigenvalue weighted by atomic mass is 31.1. The van der Waals surface area contributed by atoms with Gasteiger partial charge in [0, 0.05) is 6.42 Å². The molecule has 0 heterocycles. The van der Waals surface area contributed by atoms with E-state index in [1.807, 2.05) is 21.1 Å². The molecule has 2 unspecified atom stereocenters. The highest BCUT2D eigenvalue weighted by Gasteiger charge is 2.34. The Hall–Kier alpha value is -0.240. The van der Waals surface area contributed by atoms with Gasteiger partial charge < -0.3 is 4.89 Å². The molecule has 0 aromatic carbocycles. The van der Waals surface area contributed by atoms with E-state index in [9.17, 15) is 9.46 Å². The van der Waals surface area contributed by atoms with E-state index in [1.165, 1.54) is 96.3 Å². The highest BCUT2D eigenvalue weighted by Crippen LogP contribution is 2.28. The summed E-state index contributed by atoms with van der Waals surface area (Å²) in [5.41, 5.74) is 0. The molecule has 2 atom stereocenters. The summed E-state index contributed by atoms with van der Waals surface area (Å²) in [5.74, 6) is -0.260. The van der Waals surface area contributed by atoms with Crippen LogP contribution in [0.3, 0.4) is 0 Å². The molecule has 172 valence electrons. The molecule has 0 amide bonds. The Morgan fingerprint density at radius 2 is 1.07 bits per heavy atom. The highest BCUT2D eigenvalue weighted by molar-refractivity contribution is 7.37. The summed E-state index contributed by atoms with van der Waals surface area (Å²) in [6.07, 6.45) is 28.1. The summed E-state index contributed by atoms with van der Waals surface area (Å²) in [5, 5.41) is 0. The van der Waals surface area contributed by atoms with E-state index < -0.39 is 8.03 Å². The number of quaternary nitrogens is 1. The Labute approximate surface area is 183 Å². The molecule has 0 rings (SSSR count). The van der Waals surface area contributed by atoms with E-state index in [4.69, 9.17) is 0 Å². The number of rotatable bonds is 21. The first-order chi connectivity index (χ1) is 13.9. The molecule has 0 aromatic rings. The Bertz CT molecular complexity index is 404. The minimum absolute atomic E-state index is 0.260. The number of nitrogens with zero attached hydrogens (tertiary/aromatic N) is 1. The Kier molecular flexibility index (Phi) is 19.5. The van der Waals surface area contributed by atoms with Gasteiger partial charge in [0.25, 0.3) is 5.78 Å². The fourth-order valence-corrected chi connectivity index (χ4v) is 4.85. The minimum atomic E-state index is -2.35. The third-order valence-corrected chi connectivity index (χ3v) is 7.30. The van der Waals surface area contributed by atoms with E-state index in [0.717, 1.165) is 19.3 Å². The van der Waals surface area contributed by atoms with Crippen LogP contribution in [-0.4, -0.2) is 31.4 Å². The number of hydrogen-bond donors (Lipinski definition) is 0. The quantitative estimate of drug-likeness (QED) is 0.0812. The van der Waals surface area contributed by atoms with Crippen LogP contribution in [-0.2, 0) is 4.57 Å². The van der Waals surface area contributed by atoms with E-state index in [0.29, 0.717) is 4.48 Å². The molecule has 29 heavy (non-hydrogen) atoms. The van der Waals surface area contributed by atoms with Crippen molar-refractivity contribution in [3.8, 4) is 0 Å². The number of hydrogen-bond acceptors (Lipinski definition) is 2. The van der Waals surface area contributed by atoms with Crippen LogP contribution >= 0.6 is 8.03 Å². The number of allylic oxidation sites excluding steroid dienone is 2. The average molecular weight is 429 g/mol. The molecule has 0 radical (unpaired) electrons. The van der Waals surface area contributed by atoms with Gasteiger partial charge in [-0.25, -0.2) is 0 Å². The Morgan fingerprint density at radius 1 is 0.690 bits per heavy atom. The third-order valence-electron chi connectivity index (χ3n) is 5.86. The lowest BCUT2D eigenvalue weighted by Crippen LogP contribution is -2.44. The first-order valence-corrected chi connectivity index (χ1v) is 13.7. The predicted octanol–water partition coefficient (Wildman–Crippen LogP) is 7.72. The lowest BCUT2D eigenvalue weighted by atomic mass is 10.0. The first kappa shape index (κ1) is 28.8. The van der Waals surface area contributed by atoms with Gasteiger partial charge in [0.1, 0.15) is 0 Å². The zero-order valence-electron chi connectivity index (χ0n) is 20.2. The molecule has 0 bridgehead atoms. The van der Waals surface area contributed by atoms with Gasteiger partial charge in [0.2, 0.25) is 0 Å². The second-order valence-electron chi connectivity index (χ2n) is 9.67. The van der Waals surface area contributed by atoms with Gasteiger partial charge in [-0.15, -0.1) is 0 Å². The zero-order chi connectivity index (χ0) is 21.8. The van der Waals surface area contributed by atoms with Crippen molar-refractivity contribution in [2.45, 2.75) is 128 Å².